The van der Waals surface area contributed by atoms with Crippen LogP contribution in [0.4, 0.5) is 0 Å². The Morgan fingerprint density at radius 1 is 0.900 bits per heavy atom. The molecule has 0 amide bonds. The highest BCUT2D eigenvalue weighted by molar-refractivity contribution is 7.99. The lowest BCUT2D eigenvalue weighted by molar-refractivity contribution is 0.419. The lowest BCUT2D eigenvalue weighted by Gasteiger charge is -2.29. The second kappa shape index (κ2) is 5.27. The molecule has 0 saturated carbocycles. The quantitative estimate of drug-likeness (QED) is 0.869. The Morgan fingerprint density at radius 3 is 2.65 bits per heavy atom. The number of rotatable bonds is 2. The molecule has 4 rings (SSSR count). The van der Waals surface area contributed by atoms with Crippen molar-refractivity contribution < 1.29 is 0 Å². The number of benzene rings is 2. The van der Waals surface area contributed by atoms with Gasteiger partial charge in [0, 0.05) is 22.7 Å². The summed E-state index contributed by atoms with van der Waals surface area (Å²) in [5.74, 6) is 1.16. The van der Waals surface area contributed by atoms with Crippen molar-refractivity contribution in [3.63, 3.8) is 0 Å². The van der Waals surface area contributed by atoms with E-state index in [1.807, 2.05) is 11.8 Å². The van der Waals surface area contributed by atoms with E-state index in [1.165, 1.54) is 40.8 Å². The van der Waals surface area contributed by atoms with Crippen LogP contribution in [0.5, 0.6) is 0 Å². The van der Waals surface area contributed by atoms with Crippen molar-refractivity contribution in [1.29, 1.82) is 0 Å². The van der Waals surface area contributed by atoms with E-state index in [-0.39, 0.29) is 0 Å². The summed E-state index contributed by atoms with van der Waals surface area (Å²) in [5.41, 5.74) is 4.55. The minimum Gasteiger partial charge on any atom is -0.302 e. The molecule has 0 spiro atoms. The summed E-state index contributed by atoms with van der Waals surface area (Å²) in [6, 6.07) is 18.8. The van der Waals surface area contributed by atoms with E-state index in [9.17, 15) is 0 Å². The SMILES string of the molecule is c1ccc2c(c1)CCCC2NC1CSc2ccccc21. The van der Waals surface area contributed by atoms with Gasteiger partial charge in [0.15, 0.2) is 0 Å². The van der Waals surface area contributed by atoms with Gasteiger partial charge in [-0.05, 0) is 42.0 Å². The third kappa shape index (κ3) is 2.17. The predicted octanol–water partition coefficient (Wildman–Crippen LogP) is 4.50. The van der Waals surface area contributed by atoms with Crippen LogP contribution in [0, 0.1) is 0 Å². The zero-order valence-electron chi connectivity index (χ0n) is 11.5. The van der Waals surface area contributed by atoms with Gasteiger partial charge in [-0.3, -0.25) is 0 Å². The molecule has 2 heteroatoms. The first-order valence-corrected chi connectivity index (χ1v) is 8.46. The highest BCUT2D eigenvalue weighted by atomic mass is 32.2. The zero-order valence-corrected chi connectivity index (χ0v) is 12.3. The van der Waals surface area contributed by atoms with Crippen LogP contribution in [0.25, 0.3) is 0 Å². The van der Waals surface area contributed by atoms with Crippen LogP contribution in [0.3, 0.4) is 0 Å². The van der Waals surface area contributed by atoms with Gasteiger partial charge in [0.05, 0.1) is 0 Å². The van der Waals surface area contributed by atoms with E-state index in [4.69, 9.17) is 0 Å². The fourth-order valence-corrected chi connectivity index (χ4v) is 4.64. The zero-order chi connectivity index (χ0) is 13.4. The first-order valence-electron chi connectivity index (χ1n) is 7.47. The van der Waals surface area contributed by atoms with Crippen LogP contribution in [-0.2, 0) is 6.42 Å². The molecule has 2 unspecified atom stereocenters. The first kappa shape index (κ1) is 12.5. The van der Waals surface area contributed by atoms with Gasteiger partial charge in [-0.25, -0.2) is 0 Å². The Hall–Kier alpha value is -1.25. The Bertz CT molecular complexity index is 622. The van der Waals surface area contributed by atoms with Crippen LogP contribution >= 0.6 is 11.8 Å². The van der Waals surface area contributed by atoms with Gasteiger partial charge in [0.1, 0.15) is 0 Å². The maximum absolute atomic E-state index is 3.91. The van der Waals surface area contributed by atoms with Crippen molar-refractivity contribution in [2.75, 3.05) is 5.75 Å². The average Bonchev–Trinajstić information content (AvgIpc) is 2.91. The van der Waals surface area contributed by atoms with Crippen LogP contribution < -0.4 is 5.32 Å². The van der Waals surface area contributed by atoms with E-state index >= 15 is 0 Å². The van der Waals surface area contributed by atoms with E-state index in [2.05, 4.69) is 53.8 Å². The van der Waals surface area contributed by atoms with Crippen molar-refractivity contribution in [2.45, 2.75) is 36.2 Å². The Morgan fingerprint density at radius 2 is 1.70 bits per heavy atom. The summed E-state index contributed by atoms with van der Waals surface area (Å²) < 4.78 is 0. The van der Waals surface area contributed by atoms with Gasteiger partial charge in [-0.1, -0.05) is 42.5 Å². The minimum atomic E-state index is 0.507. The fourth-order valence-electron chi connectivity index (χ4n) is 3.47. The van der Waals surface area contributed by atoms with Gasteiger partial charge in [0.2, 0.25) is 0 Å². The molecule has 1 aliphatic carbocycles. The molecule has 102 valence electrons. The Kier molecular flexibility index (Phi) is 3.29. The molecule has 0 saturated heterocycles. The van der Waals surface area contributed by atoms with E-state index in [0.717, 1.165) is 5.75 Å². The van der Waals surface area contributed by atoms with Crippen molar-refractivity contribution >= 4 is 11.8 Å². The molecular weight excluding hydrogens is 262 g/mol. The lowest BCUT2D eigenvalue weighted by atomic mass is 9.87. The number of hydrogen-bond acceptors (Lipinski definition) is 2. The van der Waals surface area contributed by atoms with Crippen molar-refractivity contribution in [3.8, 4) is 0 Å². The minimum absolute atomic E-state index is 0.507. The molecule has 1 nitrogen and oxygen atoms in total. The number of nitrogens with one attached hydrogen (secondary N) is 1. The maximum atomic E-state index is 3.91. The Balaban J connectivity index is 1.59. The Labute approximate surface area is 124 Å². The smallest absolute Gasteiger partial charge is 0.0431 e. The van der Waals surface area contributed by atoms with Gasteiger partial charge < -0.3 is 5.32 Å². The molecule has 2 aromatic rings. The third-order valence-corrected chi connectivity index (χ3v) is 5.65. The molecule has 1 heterocycles. The van der Waals surface area contributed by atoms with Crippen molar-refractivity contribution in [2.24, 2.45) is 0 Å². The lowest BCUT2D eigenvalue weighted by Crippen LogP contribution is -2.29. The molecule has 0 fully saturated rings. The molecule has 2 aliphatic rings. The van der Waals surface area contributed by atoms with E-state index in [0.29, 0.717) is 12.1 Å². The number of aryl methyl sites for hydroxylation is 1. The predicted molar refractivity (Wildman–Crippen MR) is 85.2 cm³/mol. The van der Waals surface area contributed by atoms with Gasteiger partial charge in [0.25, 0.3) is 0 Å². The standard InChI is InChI=1S/C18H19NS/c1-2-8-14-13(6-1)7-5-10-16(14)19-17-12-20-18-11-4-3-9-15(17)18/h1-4,6,8-9,11,16-17,19H,5,7,10,12H2. The molecule has 1 aliphatic heterocycles. The summed E-state index contributed by atoms with van der Waals surface area (Å²) in [6.07, 6.45) is 3.81. The maximum Gasteiger partial charge on any atom is 0.0431 e. The molecule has 0 radical (unpaired) electrons. The topological polar surface area (TPSA) is 12.0 Å². The summed E-state index contributed by atoms with van der Waals surface area (Å²) >= 11 is 1.98. The fraction of sp³-hybridized carbons (Fsp3) is 0.333. The first-order chi connectivity index (χ1) is 9.92. The number of fused-ring (bicyclic) bond motifs is 2. The normalized spacial score (nSPS) is 24.2. The monoisotopic (exact) mass is 281 g/mol. The van der Waals surface area contributed by atoms with Crippen molar-refractivity contribution in [1.82, 2.24) is 5.32 Å². The van der Waals surface area contributed by atoms with Crippen LogP contribution in [0.15, 0.2) is 53.4 Å². The third-order valence-electron chi connectivity index (χ3n) is 4.47. The highest BCUT2D eigenvalue weighted by Gasteiger charge is 2.27. The molecule has 0 aromatic heterocycles. The van der Waals surface area contributed by atoms with Gasteiger partial charge >= 0.3 is 0 Å². The average molecular weight is 281 g/mol. The van der Waals surface area contributed by atoms with Gasteiger partial charge in [-0.15, -0.1) is 11.8 Å². The summed E-state index contributed by atoms with van der Waals surface area (Å²) in [5, 5.41) is 3.91. The van der Waals surface area contributed by atoms with E-state index in [1.54, 1.807) is 0 Å². The highest BCUT2D eigenvalue weighted by Crippen LogP contribution is 2.40. The number of hydrogen-bond donors (Lipinski definition) is 1. The van der Waals surface area contributed by atoms with Gasteiger partial charge in [-0.2, -0.15) is 0 Å². The van der Waals surface area contributed by atoms with Crippen LogP contribution in [-0.4, -0.2) is 5.75 Å². The molecule has 1 N–H and O–H groups in total. The molecule has 2 atom stereocenters. The molecule has 0 bridgehead atoms. The molecule has 20 heavy (non-hydrogen) atoms. The largest absolute Gasteiger partial charge is 0.302 e. The number of thioether (sulfide) groups is 1. The second-order valence-electron chi connectivity index (χ2n) is 5.71. The summed E-state index contributed by atoms with van der Waals surface area (Å²) in [7, 11) is 0. The van der Waals surface area contributed by atoms with Crippen LogP contribution in [0.2, 0.25) is 0 Å². The summed E-state index contributed by atoms with van der Waals surface area (Å²) in [6.45, 7) is 0. The van der Waals surface area contributed by atoms with Crippen molar-refractivity contribution in [3.05, 3.63) is 65.2 Å². The molecular formula is C18H19NS. The van der Waals surface area contributed by atoms with Crippen LogP contribution in [0.1, 0.15) is 41.6 Å². The molecule has 2 aromatic carbocycles. The summed E-state index contributed by atoms with van der Waals surface area (Å²) in [4.78, 5) is 1.45. The van der Waals surface area contributed by atoms with E-state index < -0.39 is 0 Å². The second-order valence-corrected chi connectivity index (χ2v) is 6.77.